The first kappa shape index (κ1) is 14.2. The van der Waals surface area contributed by atoms with E-state index in [-0.39, 0.29) is 0 Å². The van der Waals surface area contributed by atoms with Gasteiger partial charge in [0.2, 0.25) is 6.41 Å². The number of hydrogen-bond acceptors (Lipinski definition) is 3. The predicted octanol–water partition coefficient (Wildman–Crippen LogP) is 1.18. The summed E-state index contributed by atoms with van der Waals surface area (Å²) in [6, 6.07) is 8.91. The van der Waals surface area contributed by atoms with Gasteiger partial charge in [-0.1, -0.05) is 30.3 Å². The molecule has 18 heavy (non-hydrogen) atoms. The first-order valence-electron chi connectivity index (χ1n) is 5.78. The van der Waals surface area contributed by atoms with Crippen LogP contribution in [0.25, 0.3) is 0 Å². The second-order valence-corrected chi connectivity index (χ2v) is 3.86. The van der Waals surface area contributed by atoms with Crippen molar-refractivity contribution in [3.8, 4) is 0 Å². The molecule has 1 amide bonds. The Kier molecular flexibility index (Phi) is 6.50. The molecule has 1 aromatic rings. The standard InChI is InChI=1S/C13H17NO4/c15-10-14-12(13(16)17)7-4-8-18-9-11-5-2-1-3-6-11/h1-3,5-6,10,12H,4,7-9H2,(H,14,15)(H,16,17). The Morgan fingerprint density at radius 2 is 2.11 bits per heavy atom. The average molecular weight is 251 g/mol. The number of carbonyl (C=O) groups excluding carboxylic acids is 1. The molecule has 0 saturated carbocycles. The van der Waals surface area contributed by atoms with Gasteiger partial charge in [-0.2, -0.15) is 0 Å². The predicted molar refractivity (Wildman–Crippen MR) is 66.0 cm³/mol. The number of carboxylic acid groups (broad SMARTS) is 1. The molecule has 1 rings (SSSR count). The lowest BCUT2D eigenvalue weighted by molar-refractivity contribution is -0.140. The van der Waals surface area contributed by atoms with Gasteiger partial charge in [0.05, 0.1) is 6.61 Å². The van der Waals surface area contributed by atoms with Crippen molar-refractivity contribution in [3.63, 3.8) is 0 Å². The van der Waals surface area contributed by atoms with Crippen LogP contribution in [0.5, 0.6) is 0 Å². The van der Waals surface area contributed by atoms with Crippen molar-refractivity contribution < 1.29 is 19.4 Å². The summed E-state index contributed by atoms with van der Waals surface area (Å²) in [5.74, 6) is -1.02. The molecule has 0 heterocycles. The molecule has 1 aromatic carbocycles. The van der Waals surface area contributed by atoms with E-state index in [1.807, 2.05) is 30.3 Å². The number of carboxylic acids is 1. The van der Waals surface area contributed by atoms with E-state index in [0.717, 1.165) is 5.56 Å². The number of hydrogen-bond donors (Lipinski definition) is 2. The fourth-order valence-electron chi connectivity index (χ4n) is 1.51. The smallest absolute Gasteiger partial charge is 0.326 e. The summed E-state index contributed by atoms with van der Waals surface area (Å²) in [6.45, 7) is 0.985. The molecule has 2 N–H and O–H groups in total. The minimum absolute atomic E-state index is 0.364. The number of aliphatic carboxylic acids is 1. The molecule has 98 valence electrons. The third kappa shape index (κ3) is 5.45. The van der Waals surface area contributed by atoms with Crippen LogP contribution in [0.3, 0.4) is 0 Å². The van der Waals surface area contributed by atoms with Gasteiger partial charge in [-0.3, -0.25) is 4.79 Å². The van der Waals surface area contributed by atoms with Crippen LogP contribution in [0.15, 0.2) is 30.3 Å². The molecule has 5 nitrogen and oxygen atoms in total. The molecule has 0 saturated heterocycles. The molecular weight excluding hydrogens is 234 g/mol. The maximum Gasteiger partial charge on any atom is 0.326 e. The van der Waals surface area contributed by atoms with E-state index < -0.39 is 12.0 Å². The third-order valence-corrected chi connectivity index (χ3v) is 2.46. The van der Waals surface area contributed by atoms with Crippen molar-refractivity contribution in [2.24, 2.45) is 0 Å². The summed E-state index contributed by atoms with van der Waals surface area (Å²) in [4.78, 5) is 20.9. The van der Waals surface area contributed by atoms with Gasteiger partial charge in [0, 0.05) is 6.61 Å². The Morgan fingerprint density at radius 3 is 2.72 bits per heavy atom. The largest absolute Gasteiger partial charge is 0.480 e. The highest BCUT2D eigenvalue weighted by molar-refractivity contribution is 5.76. The van der Waals surface area contributed by atoms with Crippen LogP contribution in [0.2, 0.25) is 0 Å². The van der Waals surface area contributed by atoms with E-state index in [0.29, 0.717) is 32.5 Å². The fourth-order valence-corrected chi connectivity index (χ4v) is 1.51. The molecule has 1 unspecified atom stereocenters. The zero-order valence-corrected chi connectivity index (χ0v) is 10.0. The van der Waals surface area contributed by atoms with Gasteiger partial charge in [0.25, 0.3) is 0 Å². The summed E-state index contributed by atoms with van der Waals surface area (Å²) in [7, 11) is 0. The van der Waals surface area contributed by atoms with Crippen LogP contribution >= 0.6 is 0 Å². The SMILES string of the molecule is O=CNC(CCCOCc1ccccc1)C(=O)O. The van der Waals surface area contributed by atoms with E-state index in [2.05, 4.69) is 5.32 Å². The lowest BCUT2D eigenvalue weighted by Crippen LogP contribution is -2.35. The topological polar surface area (TPSA) is 75.6 Å². The van der Waals surface area contributed by atoms with Crippen LogP contribution in [0.4, 0.5) is 0 Å². The van der Waals surface area contributed by atoms with Crippen molar-refractivity contribution in [2.45, 2.75) is 25.5 Å². The molecule has 0 aliphatic carbocycles. The summed E-state index contributed by atoms with van der Waals surface area (Å²) < 4.78 is 5.42. The third-order valence-electron chi connectivity index (χ3n) is 2.46. The first-order chi connectivity index (χ1) is 8.74. The Balaban J connectivity index is 2.14. The molecule has 0 spiro atoms. The van der Waals surface area contributed by atoms with E-state index in [4.69, 9.17) is 9.84 Å². The van der Waals surface area contributed by atoms with Crippen molar-refractivity contribution in [1.29, 1.82) is 0 Å². The van der Waals surface area contributed by atoms with E-state index in [9.17, 15) is 9.59 Å². The summed E-state index contributed by atoms with van der Waals surface area (Å²) >= 11 is 0. The molecule has 0 aliphatic rings. The monoisotopic (exact) mass is 251 g/mol. The summed E-state index contributed by atoms with van der Waals surface area (Å²) in [5, 5.41) is 11.0. The van der Waals surface area contributed by atoms with Gasteiger partial charge in [-0.05, 0) is 18.4 Å². The van der Waals surface area contributed by atoms with Gasteiger partial charge in [0.1, 0.15) is 6.04 Å². The van der Waals surface area contributed by atoms with E-state index >= 15 is 0 Å². The highest BCUT2D eigenvalue weighted by Crippen LogP contribution is 2.03. The lowest BCUT2D eigenvalue weighted by Gasteiger charge is -2.10. The number of ether oxygens (including phenoxy) is 1. The van der Waals surface area contributed by atoms with E-state index in [1.54, 1.807) is 0 Å². The number of carbonyl (C=O) groups is 2. The number of nitrogens with one attached hydrogen (secondary N) is 1. The maximum absolute atomic E-state index is 10.7. The zero-order chi connectivity index (χ0) is 13.2. The second-order valence-electron chi connectivity index (χ2n) is 3.86. The van der Waals surface area contributed by atoms with Crippen LogP contribution in [0.1, 0.15) is 18.4 Å². The number of amides is 1. The molecule has 0 bridgehead atoms. The molecule has 0 fully saturated rings. The molecular formula is C13H17NO4. The summed E-state index contributed by atoms with van der Waals surface area (Å²) in [5.41, 5.74) is 1.08. The van der Waals surface area contributed by atoms with Crippen molar-refractivity contribution in [2.75, 3.05) is 6.61 Å². The molecule has 0 radical (unpaired) electrons. The maximum atomic E-state index is 10.7. The molecule has 0 aromatic heterocycles. The van der Waals surface area contributed by atoms with Gasteiger partial charge < -0.3 is 15.2 Å². The van der Waals surface area contributed by atoms with Crippen LogP contribution in [-0.4, -0.2) is 30.1 Å². The van der Waals surface area contributed by atoms with Gasteiger partial charge >= 0.3 is 5.97 Å². The van der Waals surface area contributed by atoms with Crippen LogP contribution in [-0.2, 0) is 20.9 Å². The highest BCUT2D eigenvalue weighted by Gasteiger charge is 2.14. The summed E-state index contributed by atoms with van der Waals surface area (Å²) in [6.07, 6.45) is 1.36. The Hall–Kier alpha value is -1.88. The highest BCUT2D eigenvalue weighted by atomic mass is 16.5. The second kappa shape index (κ2) is 8.25. The van der Waals surface area contributed by atoms with Crippen molar-refractivity contribution in [3.05, 3.63) is 35.9 Å². The Labute approximate surface area is 106 Å². The Bertz CT molecular complexity index is 367. The number of rotatable bonds is 9. The molecule has 1 atom stereocenters. The van der Waals surface area contributed by atoms with Crippen LogP contribution in [0, 0.1) is 0 Å². The quantitative estimate of drug-likeness (QED) is 0.510. The average Bonchev–Trinajstić information content (AvgIpc) is 2.38. The minimum Gasteiger partial charge on any atom is -0.480 e. The Morgan fingerprint density at radius 1 is 1.39 bits per heavy atom. The number of benzene rings is 1. The zero-order valence-electron chi connectivity index (χ0n) is 10.0. The molecule has 0 aliphatic heterocycles. The van der Waals surface area contributed by atoms with Crippen molar-refractivity contribution in [1.82, 2.24) is 5.32 Å². The first-order valence-corrected chi connectivity index (χ1v) is 5.78. The normalized spacial score (nSPS) is 11.8. The van der Waals surface area contributed by atoms with Gasteiger partial charge in [-0.15, -0.1) is 0 Å². The van der Waals surface area contributed by atoms with Crippen molar-refractivity contribution >= 4 is 12.4 Å². The fraction of sp³-hybridized carbons (Fsp3) is 0.385. The van der Waals surface area contributed by atoms with Crippen LogP contribution < -0.4 is 5.32 Å². The lowest BCUT2D eigenvalue weighted by atomic mass is 10.1. The minimum atomic E-state index is -1.02. The van der Waals surface area contributed by atoms with Gasteiger partial charge in [-0.25, -0.2) is 4.79 Å². The van der Waals surface area contributed by atoms with E-state index in [1.165, 1.54) is 0 Å². The molecule has 5 heteroatoms. The van der Waals surface area contributed by atoms with Gasteiger partial charge in [0.15, 0.2) is 0 Å².